The summed E-state index contributed by atoms with van der Waals surface area (Å²) in [6.07, 6.45) is 6.46. The minimum Gasteiger partial charge on any atom is -0.456 e. The second-order valence-corrected chi connectivity index (χ2v) is 10.3. The van der Waals surface area contributed by atoms with Crippen molar-refractivity contribution in [2.24, 2.45) is 0 Å². The molecule has 10 nitrogen and oxygen atoms in total. The van der Waals surface area contributed by atoms with E-state index in [2.05, 4.69) is 17.2 Å². The molecule has 232 valence electrons. The van der Waals surface area contributed by atoms with Crippen LogP contribution in [0, 0.1) is 0 Å². The van der Waals surface area contributed by atoms with Crippen LogP contribution in [0.5, 0.6) is 11.5 Å². The quantitative estimate of drug-likeness (QED) is 0.188. The number of amides is 3. The highest BCUT2D eigenvalue weighted by Gasteiger charge is 2.53. The number of esters is 1. The van der Waals surface area contributed by atoms with Crippen LogP contribution in [0.15, 0.2) is 97.1 Å². The first-order chi connectivity index (χ1) is 21.8. The van der Waals surface area contributed by atoms with Gasteiger partial charge in [0.15, 0.2) is 5.60 Å². The Morgan fingerprint density at radius 1 is 1.00 bits per heavy atom. The van der Waals surface area contributed by atoms with Crippen molar-refractivity contribution in [2.75, 3.05) is 44.0 Å². The lowest BCUT2D eigenvalue weighted by molar-refractivity contribution is 0.0224. The average Bonchev–Trinajstić information content (AvgIpc) is 3.33. The van der Waals surface area contributed by atoms with E-state index in [0.29, 0.717) is 64.8 Å². The van der Waals surface area contributed by atoms with Crippen LogP contribution in [0.4, 0.5) is 21.0 Å². The predicted octanol–water partition coefficient (Wildman–Crippen LogP) is 6.99. The molecule has 5 rings (SSSR count). The standard InChI is InChI=1S/C35H35N3O7/c1-5-8-11-23(6-2)22-43-34(41)37-25-15-17-29-31(21-25)44-30-20-24(36-33(40)38(7-3)18-19-42-4)14-16-28(30)35(29)27-13-10-9-12-26(27)32(39)45-35/h5-6,8-17,20-21H,2,7,18-19,22H2,1,3-4H3,(H,36,40)(H,37,41). The Kier molecular flexibility index (Phi) is 9.34. The van der Waals surface area contributed by atoms with Gasteiger partial charge in [0.25, 0.3) is 0 Å². The van der Waals surface area contributed by atoms with Crippen LogP contribution in [0.3, 0.4) is 0 Å². The van der Waals surface area contributed by atoms with Gasteiger partial charge >= 0.3 is 18.1 Å². The van der Waals surface area contributed by atoms with Crippen LogP contribution < -0.4 is 15.4 Å². The fraction of sp³-hybridized carbons (Fsp3) is 0.229. The summed E-state index contributed by atoms with van der Waals surface area (Å²) in [4.78, 5) is 40.4. The number of nitrogens with zero attached hydrogens (tertiary/aromatic N) is 1. The van der Waals surface area contributed by atoms with Crippen molar-refractivity contribution in [1.82, 2.24) is 4.90 Å². The first kappa shape index (κ1) is 31.1. The van der Waals surface area contributed by atoms with E-state index in [4.69, 9.17) is 18.9 Å². The van der Waals surface area contributed by atoms with Gasteiger partial charge < -0.3 is 29.2 Å². The summed E-state index contributed by atoms with van der Waals surface area (Å²) in [7, 11) is 1.58. The largest absolute Gasteiger partial charge is 0.456 e. The highest BCUT2D eigenvalue weighted by molar-refractivity contribution is 5.97. The van der Waals surface area contributed by atoms with E-state index in [1.165, 1.54) is 0 Å². The van der Waals surface area contributed by atoms with Crippen molar-refractivity contribution in [3.8, 4) is 11.5 Å². The minimum absolute atomic E-state index is 0.0414. The lowest BCUT2D eigenvalue weighted by Crippen LogP contribution is -2.37. The molecule has 0 bridgehead atoms. The third-order valence-electron chi connectivity index (χ3n) is 7.58. The molecule has 0 fully saturated rings. The Morgan fingerprint density at radius 2 is 1.69 bits per heavy atom. The smallest absolute Gasteiger partial charge is 0.411 e. The van der Waals surface area contributed by atoms with Crippen LogP contribution in [-0.2, 0) is 19.8 Å². The molecule has 3 aromatic carbocycles. The van der Waals surface area contributed by atoms with Crippen LogP contribution in [0.25, 0.3) is 0 Å². The van der Waals surface area contributed by atoms with Gasteiger partial charge in [0.2, 0.25) is 0 Å². The summed E-state index contributed by atoms with van der Waals surface area (Å²) in [5, 5.41) is 5.65. The van der Waals surface area contributed by atoms with Gasteiger partial charge in [-0.15, -0.1) is 0 Å². The topological polar surface area (TPSA) is 115 Å². The Balaban J connectivity index is 1.48. The fourth-order valence-electron chi connectivity index (χ4n) is 5.34. The number of hydrogen-bond acceptors (Lipinski definition) is 7. The molecule has 0 aromatic heterocycles. The number of hydrogen-bond donors (Lipinski definition) is 2. The summed E-state index contributed by atoms with van der Waals surface area (Å²) >= 11 is 0. The Morgan fingerprint density at radius 3 is 2.33 bits per heavy atom. The summed E-state index contributed by atoms with van der Waals surface area (Å²) in [5.41, 5.74) is 2.64. The molecular weight excluding hydrogens is 574 g/mol. The molecule has 45 heavy (non-hydrogen) atoms. The Hall–Kier alpha value is -5.35. The maximum atomic E-state index is 13.2. The van der Waals surface area contributed by atoms with Crippen LogP contribution in [0.2, 0.25) is 0 Å². The van der Waals surface area contributed by atoms with Crippen molar-refractivity contribution in [3.05, 3.63) is 119 Å². The second kappa shape index (κ2) is 13.5. The highest BCUT2D eigenvalue weighted by atomic mass is 16.6. The number of likely N-dealkylation sites (N-methyl/N-ethyl adjacent to an activating group) is 1. The van der Waals surface area contributed by atoms with Gasteiger partial charge in [-0.2, -0.15) is 0 Å². The number of carbonyl (C=O) groups excluding carboxylic acids is 3. The number of methoxy groups -OCH3 is 1. The van der Waals surface area contributed by atoms with Crippen molar-refractivity contribution < 1.29 is 33.3 Å². The molecule has 0 radical (unpaired) electrons. The molecule has 1 atom stereocenters. The van der Waals surface area contributed by atoms with E-state index < -0.39 is 17.7 Å². The lowest BCUT2D eigenvalue weighted by atomic mass is 9.77. The van der Waals surface area contributed by atoms with Crippen molar-refractivity contribution in [1.29, 1.82) is 0 Å². The monoisotopic (exact) mass is 609 g/mol. The number of nitrogens with one attached hydrogen (secondary N) is 2. The zero-order valence-corrected chi connectivity index (χ0v) is 25.4. The first-order valence-corrected chi connectivity index (χ1v) is 14.6. The highest BCUT2D eigenvalue weighted by Crippen LogP contribution is 2.56. The van der Waals surface area contributed by atoms with E-state index in [-0.39, 0.29) is 12.6 Å². The van der Waals surface area contributed by atoms with E-state index >= 15 is 0 Å². The van der Waals surface area contributed by atoms with E-state index in [1.807, 2.05) is 38.1 Å². The molecule has 2 aliphatic heterocycles. The lowest BCUT2D eigenvalue weighted by Gasteiger charge is -2.37. The number of fused-ring (bicyclic) bond motifs is 6. The Labute approximate surface area is 261 Å². The zero-order valence-electron chi connectivity index (χ0n) is 25.4. The number of rotatable bonds is 10. The Bertz CT molecular complexity index is 1700. The number of urea groups is 1. The van der Waals surface area contributed by atoms with E-state index in [1.54, 1.807) is 72.7 Å². The van der Waals surface area contributed by atoms with Gasteiger partial charge in [-0.05, 0) is 49.8 Å². The summed E-state index contributed by atoms with van der Waals surface area (Å²) in [6.45, 7) is 8.90. The van der Waals surface area contributed by atoms with E-state index in [9.17, 15) is 14.4 Å². The molecule has 3 aromatic rings. The molecule has 0 saturated heterocycles. The number of benzene rings is 3. The first-order valence-electron chi connectivity index (χ1n) is 14.6. The normalized spacial score (nSPS) is 16.2. The fourth-order valence-corrected chi connectivity index (χ4v) is 5.34. The maximum absolute atomic E-state index is 13.2. The minimum atomic E-state index is -1.30. The third kappa shape index (κ3) is 6.18. The number of allylic oxidation sites excluding steroid dienone is 3. The predicted molar refractivity (Wildman–Crippen MR) is 171 cm³/mol. The molecule has 3 amide bonds. The van der Waals surface area contributed by atoms with Crippen LogP contribution in [0.1, 0.15) is 40.9 Å². The maximum Gasteiger partial charge on any atom is 0.411 e. The van der Waals surface area contributed by atoms with Gasteiger partial charge in [-0.25, -0.2) is 14.4 Å². The van der Waals surface area contributed by atoms with Gasteiger partial charge in [-0.1, -0.05) is 49.1 Å². The number of carbonyl (C=O) groups is 3. The molecule has 1 unspecified atom stereocenters. The van der Waals surface area contributed by atoms with Crippen molar-refractivity contribution in [3.63, 3.8) is 0 Å². The van der Waals surface area contributed by atoms with Gasteiger partial charge in [0.1, 0.15) is 18.1 Å². The third-order valence-corrected chi connectivity index (χ3v) is 7.58. The van der Waals surface area contributed by atoms with Gasteiger partial charge in [-0.3, -0.25) is 5.32 Å². The SMILES string of the molecule is C=CC(=CC=CC)COC(=O)Nc1ccc2c(c1)Oc1cc(NC(=O)N(CC)CCOC)ccc1C21OC(=O)c2ccccc21. The van der Waals surface area contributed by atoms with Crippen LogP contribution >= 0.6 is 0 Å². The van der Waals surface area contributed by atoms with Crippen LogP contribution in [-0.4, -0.2) is 56.4 Å². The molecule has 10 heteroatoms. The number of anilines is 2. The molecule has 0 saturated carbocycles. The zero-order chi connectivity index (χ0) is 32.0. The van der Waals surface area contributed by atoms with Gasteiger partial charge in [0, 0.05) is 60.4 Å². The second-order valence-electron chi connectivity index (χ2n) is 10.3. The van der Waals surface area contributed by atoms with E-state index in [0.717, 1.165) is 5.57 Å². The summed E-state index contributed by atoms with van der Waals surface area (Å²) in [5.74, 6) is 0.283. The summed E-state index contributed by atoms with van der Waals surface area (Å²) in [6, 6.07) is 17.3. The number of ether oxygens (including phenoxy) is 4. The van der Waals surface area contributed by atoms with Crippen molar-refractivity contribution in [2.45, 2.75) is 19.4 Å². The molecular formula is C35H35N3O7. The molecule has 1 spiro atoms. The van der Waals surface area contributed by atoms with Crippen molar-refractivity contribution >= 4 is 29.5 Å². The molecule has 2 heterocycles. The molecule has 2 aliphatic rings. The molecule has 2 N–H and O–H groups in total. The van der Waals surface area contributed by atoms with Gasteiger partial charge in [0.05, 0.1) is 12.2 Å². The summed E-state index contributed by atoms with van der Waals surface area (Å²) < 4.78 is 23.1. The average molecular weight is 610 g/mol. The molecule has 0 aliphatic carbocycles.